The summed E-state index contributed by atoms with van der Waals surface area (Å²) in [6.45, 7) is 1.87. The summed E-state index contributed by atoms with van der Waals surface area (Å²) < 4.78 is 0. The van der Waals surface area contributed by atoms with E-state index in [1.165, 1.54) is 12.8 Å². The molecule has 1 heterocycles. The summed E-state index contributed by atoms with van der Waals surface area (Å²) >= 11 is 0. The molecule has 0 spiro atoms. The van der Waals surface area contributed by atoms with Gasteiger partial charge in [-0.1, -0.05) is 25.7 Å². The molecule has 0 radical (unpaired) electrons. The number of hydrogen-bond donors (Lipinski definition) is 1. The van der Waals surface area contributed by atoms with Crippen LogP contribution in [0.3, 0.4) is 0 Å². The fourth-order valence-electron chi connectivity index (χ4n) is 2.08. The van der Waals surface area contributed by atoms with Crippen molar-refractivity contribution < 1.29 is 4.79 Å². The van der Waals surface area contributed by atoms with Gasteiger partial charge < -0.3 is 0 Å². The van der Waals surface area contributed by atoms with Gasteiger partial charge in [0.1, 0.15) is 0 Å². The predicted octanol–water partition coefficient (Wildman–Crippen LogP) is 3.68. The average molecular weight is 299 g/mol. The summed E-state index contributed by atoms with van der Waals surface area (Å²) in [6.07, 6.45) is 16.7. The van der Waals surface area contributed by atoms with Crippen molar-refractivity contribution in [2.24, 2.45) is 5.10 Å². The molecule has 0 atom stereocenters. The molecule has 0 aliphatic carbocycles. The average Bonchev–Trinajstić information content (AvgIpc) is 2.56. The van der Waals surface area contributed by atoms with Gasteiger partial charge in [-0.3, -0.25) is 9.78 Å². The lowest BCUT2D eigenvalue weighted by Crippen LogP contribution is -2.18. The Morgan fingerprint density at radius 1 is 1.18 bits per heavy atom. The van der Waals surface area contributed by atoms with E-state index in [1.807, 2.05) is 19.1 Å². The standard InChI is InChI=1S/C18H25N3O/c1-3-4-5-6-7-8-9-10-11-18(22)21-20-16(2)17-12-14-19-15-13-17/h1,12-15H,4-11H2,2H3,(H,21,22)/b20-16-. The van der Waals surface area contributed by atoms with Crippen molar-refractivity contribution in [3.05, 3.63) is 30.1 Å². The molecule has 0 unspecified atom stereocenters. The third-order valence-corrected chi connectivity index (χ3v) is 3.42. The molecule has 1 rings (SSSR count). The Bertz CT molecular complexity index is 503. The van der Waals surface area contributed by atoms with E-state index in [1.54, 1.807) is 12.4 Å². The van der Waals surface area contributed by atoms with Crippen LogP contribution in [-0.2, 0) is 4.79 Å². The summed E-state index contributed by atoms with van der Waals surface area (Å²) in [5.41, 5.74) is 4.35. The third kappa shape index (κ3) is 8.21. The Balaban J connectivity index is 2.10. The van der Waals surface area contributed by atoms with E-state index in [-0.39, 0.29) is 5.91 Å². The molecule has 22 heavy (non-hydrogen) atoms. The van der Waals surface area contributed by atoms with Gasteiger partial charge in [0.15, 0.2) is 0 Å². The molecule has 1 amide bonds. The van der Waals surface area contributed by atoms with E-state index in [0.717, 1.165) is 43.4 Å². The van der Waals surface area contributed by atoms with Crippen molar-refractivity contribution in [1.82, 2.24) is 10.4 Å². The van der Waals surface area contributed by atoms with Gasteiger partial charge in [-0.25, -0.2) is 5.43 Å². The molecule has 0 saturated heterocycles. The van der Waals surface area contributed by atoms with Crippen LogP contribution in [0.25, 0.3) is 0 Å². The number of aromatic nitrogens is 1. The molecular weight excluding hydrogens is 274 g/mol. The molecule has 0 aliphatic heterocycles. The molecule has 0 saturated carbocycles. The van der Waals surface area contributed by atoms with Crippen LogP contribution in [0, 0.1) is 12.3 Å². The van der Waals surface area contributed by atoms with Gasteiger partial charge in [0.05, 0.1) is 5.71 Å². The van der Waals surface area contributed by atoms with Gasteiger partial charge in [0.2, 0.25) is 5.91 Å². The molecule has 0 bridgehead atoms. The molecule has 1 aromatic rings. The lowest BCUT2D eigenvalue weighted by atomic mass is 10.1. The zero-order valence-corrected chi connectivity index (χ0v) is 13.3. The number of hydrazone groups is 1. The fraction of sp³-hybridized carbons (Fsp3) is 0.500. The van der Waals surface area contributed by atoms with Crippen molar-refractivity contribution in [3.8, 4) is 12.3 Å². The SMILES string of the molecule is C#CCCCCCCCCC(=O)N/N=C(/C)c1ccncc1. The Kier molecular flexibility index (Phi) is 9.36. The van der Waals surface area contributed by atoms with Crippen molar-refractivity contribution in [3.63, 3.8) is 0 Å². The molecule has 4 nitrogen and oxygen atoms in total. The number of amides is 1. The number of nitrogens with one attached hydrogen (secondary N) is 1. The summed E-state index contributed by atoms with van der Waals surface area (Å²) in [5.74, 6) is 2.62. The van der Waals surface area contributed by atoms with E-state index in [4.69, 9.17) is 6.42 Å². The van der Waals surface area contributed by atoms with Crippen molar-refractivity contribution >= 4 is 11.6 Å². The van der Waals surface area contributed by atoms with Crippen LogP contribution in [0.5, 0.6) is 0 Å². The second kappa shape index (κ2) is 11.5. The Hall–Kier alpha value is -2.15. The quantitative estimate of drug-likeness (QED) is 0.310. The van der Waals surface area contributed by atoms with E-state index in [9.17, 15) is 4.79 Å². The minimum atomic E-state index is -0.0271. The van der Waals surface area contributed by atoms with Crippen LogP contribution >= 0.6 is 0 Å². The first-order chi connectivity index (χ1) is 10.7. The first kappa shape index (κ1) is 17.9. The molecule has 1 N–H and O–H groups in total. The largest absolute Gasteiger partial charge is 0.273 e. The molecule has 0 aliphatic rings. The fourth-order valence-corrected chi connectivity index (χ4v) is 2.08. The molecule has 118 valence electrons. The predicted molar refractivity (Wildman–Crippen MR) is 90.4 cm³/mol. The Morgan fingerprint density at radius 3 is 2.50 bits per heavy atom. The normalized spacial score (nSPS) is 11.0. The summed E-state index contributed by atoms with van der Waals surface area (Å²) in [5, 5.41) is 4.11. The number of rotatable bonds is 10. The smallest absolute Gasteiger partial charge is 0.240 e. The van der Waals surface area contributed by atoms with E-state index in [2.05, 4.69) is 21.4 Å². The van der Waals surface area contributed by atoms with Crippen LogP contribution in [0.1, 0.15) is 63.9 Å². The highest BCUT2D eigenvalue weighted by molar-refractivity contribution is 5.99. The van der Waals surface area contributed by atoms with Crippen LogP contribution in [0.4, 0.5) is 0 Å². The van der Waals surface area contributed by atoms with Crippen molar-refractivity contribution in [2.45, 2.75) is 58.3 Å². The van der Waals surface area contributed by atoms with E-state index in [0.29, 0.717) is 6.42 Å². The Labute approximate surface area is 133 Å². The first-order valence-corrected chi connectivity index (χ1v) is 7.91. The van der Waals surface area contributed by atoms with Gasteiger partial charge in [-0.2, -0.15) is 5.10 Å². The van der Waals surface area contributed by atoms with Crippen LogP contribution in [-0.4, -0.2) is 16.6 Å². The first-order valence-electron chi connectivity index (χ1n) is 7.91. The Morgan fingerprint density at radius 2 is 1.82 bits per heavy atom. The summed E-state index contributed by atoms with van der Waals surface area (Å²) in [7, 11) is 0. The number of carbonyl (C=O) groups excluding carboxylic acids is 1. The minimum Gasteiger partial charge on any atom is -0.273 e. The summed E-state index contributed by atoms with van der Waals surface area (Å²) in [6, 6.07) is 3.73. The lowest BCUT2D eigenvalue weighted by molar-refractivity contribution is -0.121. The monoisotopic (exact) mass is 299 g/mol. The highest BCUT2D eigenvalue weighted by Gasteiger charge is 2.01. The lowest BCUT2D eigenvalue weighted by Gasteiger charge is -2.03. The highest BCUT2D eigenvalue weighted by Crippen LogP contribution is 2.08. The maximum atomic E-state index is 11.7. The van der Waals surface area contributed by atoms with Crippen LogP contribution < -0.4 is 5.43 Å². The molecule has 0 fully saturated rings. The van der Waals surface area contributed by atoms with E-state index >= 15 is 0 Å². The number of nitrogens with zero attached hydrogens (tertiary/aromatic N) is 2. The number of terminal acetylenes is 1. The molecule has 1 aromatic heterocycles. The minimum absolute atomic E-state index is 0.0271. The van der Waals surface area contributed by atoms with Crippen LogP contribution in [0.15, 0.2) is 29.6 Å². The van der Waals surface area contributed by atoms with Gasteiger partial charge >= 0.3 is 0 Å². The molecule has 0 aromatic carbocycles. The maximum absolute atomic E-state index is 11.7. The van der Waals surface area contributed by atoms with Crippen molar-refractivity contribution in [1.29, 1.82) is 0 Å². The summed E-state index contributed by atoms with van der Waals surface area (Å²) in [4.78, 5) is 15.7. The zero-order valence-electron chi connectivity index (χ0n) is 13.3. The van der Waals surface area contributed by atoms with Crippen molar-refractivity contribution in [2.75, 3.05) is 0 Å². The highest BCUT2D eigenvalue weighted by atomic mass is 16.2. The molecule has 4 heteroatoms. The number of pyridine rings is 1. The molecular formula is C18H25N3O. The second-order valence-corrected chi connectivity index (χ2v) is 5.29. The van der Waals surface area contributed by atoms with Gasteiger partial charge in [0.25, 0.3) is 0 Å². The number of carbonyl (C=O) groups is 1. The van der Waals surface area contributed by atoms with Gasteiger partial charge in [0, 0.05) is 30.8 Å². The maximum Gasteiger partial charge on any atom is 0.240 e. The second-order valence-electron chi connectivity index (χ2n) is 5.29. The number of hydrogen-bond acceptors (Lipinski definition) is 3. The third-order valence-electron chi connectivity index (χ3n) is 3.42. The zero-order chi connectivity index (χ0) is 16.0. The van der Waals surface area contributed by atoms with Crippen LogP contribution in [0.2, 0.25) is 0 Å². The topological polar surface area (TPSA) is 54.4 Å². The van der Waals surface area contributed by atoms with Gasteiger partial charge in [-0.05, 0) is 31.9 Å². The van der Waals surface area contributed by atoms with Gasteiger partial charge in [-0.15, -0.1) is 12.3 Å². The van der Waals surface area contributed by atoms with E-state index < -0.39 is 0 Å². The number of unbranched alkanes of at least 4 members (excludes halogenated alkanes) is 6.